The molecule has 0 aromatic heterocycles. The Balaban J connectivity index is 1.92. The molecular weight excluding hydrogens is 281 g/mol. The fraction of sp³-hybridized carbons (Fsp3) is 0.533. The Hall–Kier alpha value is -0.570. The number of hydrogen-bond donors (Lipinski definition) is 0. The average Bonchev–Trinajstić information content (AvgIpc) is 2.42. The molecule has 0 atom stereocenters. The van der Waals surface area contributed by atoms with Gasteiger partial charge in [-0.2, -0.15) is 0 Å². The van der Waals surface area contributed by atoms with E-state index in [1.807, 2.05) is 0 Å². The van der Waals surface area contributed by atoms with Crippen LogP contribution in [0.3, 0.4) is 0 Å². The predicted molar refractivity (Wildman–Crippen MR) is 80.2 cm³/mol. The Kier molecular flexibility index (Phi) is 5.26. The minimum absolute atomic E-state index is 0.119. The minimum atomic E-state index is 0.119. The second kappa shape index (κ2) is 6.74. The van der Waals surface area contributed by atoms with Crippen LogP contribution in [0.4, 0.5) is 0 Å². The molecule has 4 heteroatoms. The number of likely N-dealkylation sites (tertiary alicyclic amines) is 1. The number of nitrogens with zero attached hydrogens (tertiary/aromatic N) is 1. The van der Waals surface area contributed by atoms with Crippen LogP contribution in [0.1, 0.15) is 36.5 Å². The van der Waals surface area contributed by atoms with Gasteiger partial charge < -0.3 is 0 Å². The number of Topliss-reactive ketones (excluding diaryl/α,β-unsaturated/α-hetero) is 1. The van der Waals surface area contributed by atoms with Gasteiger partial charge in [0.1, 0.15) is 0 Å². The monoisotopic (exact) mass is 299 g/mol. The zero-order valence-corrected chi connectivity index (χ0v) is 12.7. The van der Waals surface area contributed by atoms with Crippen LogP contribution in [0.15, 0.2) is 18.2 Å². The maximum absolute atomic E-state index is 12.2. The third-order valence-corrected chi connectivity index (χ3v) is 4.63. The molecule has 0 radical (unpaired) electrons. The van der Waals surface area contributed by atoms with Crippen molar-refractivity contribution in [3.05, 3.63) is 33.8 Å². The van der Waals surface area contributed by atoms with Crippen LogP contribution in [0, 0.1) is 5.92 Å². The lowest BCUT2D eigenvalue weighted by molar-refractivity contribution is 0.0894. The molecule has 19 heavy (non-hydrogen) atoms. The molecule has 0 spiro atoms. The summed E-state index contributed by atoms with van der Waals surface area (Å²) in [4.78, 5) is 14.4. The number of rotatable bonds is 4. The maximum atomic E-state index is 12.2. The Bertz CT molecular complexity index is 453. The number of piperidine rings is 1. The summed E-state index contributed by atoms with van der Waals surface area (Å²) in [6, 6.07) is 5.08. The topological polar surface area (TPSA) is 20.3 Å². The largest absolute Gasteiger partial charge is 0.296 e. The van der Waals surface area contributed by atoms with E-state index >= 15 is 0 Å². The van der Waals surface area contributed by atoms with Gasteiger partial charge in [0.2, 0.25) is 0 Å². The first kappa shape index (κ1) is 14.8. The van der Waals surface area contributed by atoms with Gasteiger partial charge in [-0.05, 0) is 50.0 Å². The van der Waals surface area contributed by atoms with Crippen LogP contribution in [0.25, 0.3) is 0 Å². The standard InChI is InChI=1S/C15H19Cl2NO/c1-2-11-5-7-18(8-6-11)10-15(19)12-3-4-13(16)14(17)9-12/h3-4,9,11H,2,5-8,10H2,1H3. The van der Waals surface area contributed by atoms with E-state index in [0.29, 0.717) is 22.2 Å². The van der Waals surface area contributed by atoms with Gasteiger partial charge in [-0.15, -0.1) is 0 Å². The Morgan fingerprint density at radius 3 is 2.53 bits per heavy atom. The van der Waals surface area contributed by atoms with Gasteiger partial charge in [0, 0.05) is 5.56 Å². The Morgan fingerprint density at radius 1 is 1.26 bits per heavy atom. The van der Waals surface area contributed by atoms with Crippen molar-refractivity contribution in [2.45, 2.75) is 26.2 Å². The molecule has 1 fully saturated rings. The van der Waals surface area contributed by atoms with Crippen molar-refractivity contribution >= 4 is 29.0 Å². The molecule has 0 saturated carbocycles. The number of ketones is 1. The lowest BCUT2D eigenvalue weighted by Crippen LogP contribution is -2.37. The van der Waals surface area contributed by atoms with Crippen molar-refractivity contribution in [3.63, 3.8) is 0 Å². The zero-order chi connectivity index (χ0) is 13.8. The summed E-state index contributed by atoms with van der Waals surface area (Å²) in [6.45, 7) is 4.76. The van der Waals surface area contributed by atoms with Crippen LogP contribution in [-0.4, -0.2) is 30.3 Å². The normalized spacial score (nSPS) is 17.6. The summed E-state index contributed by atoms with van der Waals surface area (Å²) in [7, 11) is 0. The van der Waals surface area contributed by atoms with Crippen LogP contribution in [0.2, 0.25) is 10.0 Å². The van der Waals surface area contributed by atoms with Gasteiger partial charge in [-0.25, -0.2) is 0 Å². The second-order valence-corrected chi connectivity index (χ2v) is 5.99. The van der Waals surface area contributed by atoms with Crippen LogP contribution < -0.4 is 0 Å². The second-order valence-electron chi connectivity index (χ2n) is 5.18. The van der Waals surface area contributed by atoms with Crippen LogP contribution in [0.5, 0.6) is 0 Å². The summed E-state index contributed by atoms with van der Waals surface area (Å²) < 4.78 is 0. The third-order valence-electron chi connectivity index (χ3n) is 3.89. The Labute approximate surface area is 124 Å². The number of carbonyl (C=O) groups is 1. The highest BCUT2D eigenvalue weighted by molar-refractivity contribution is 6.42. The minimum Gasteiger partial charge on any atom is -0.296 e. The molecule has 1 aliphatic rings. The average molecular weight is 300 g/mol. The summed E-state index contributed by atoms with van der Waals surface area (Å²) in [6.07, 6.45) is 3.64. The molecular formula is C15H19Cl2NO. The molecule has 1 aromatic rings. The molecule has 0 amide bonds. The van der Waals surface area contributed by atoms with Crippen LogP contribution >= 0.6 is 23.2 Å². The molecule has 1 heterocycles. The predicted octanol–water partition coefficient (Wildman–Crippen LogP) is 4.30. The van der Waals surface area contributed by atoms with E-state index < -0.39 is 0 Å². The fourth-order valence-corrected chi connectivity index (χ4v) is 2.81. The quantitative estimate of drug-likeness (QED) is 0.773. The van der Waals surface area contributed by atoms with E-state index in [4.69, 9.17) is 23.2 Å². The van der Waals surface area contributed by atoms with E-state index in [0.717, 1.165) is 19.0 Å². The summed E-state index contributed by atoms with van der Waals surface area (Å²) in [5.74, 6) is 0.949. The summed E-state index contributed by atoms with van der Waals surface area (Å²) in [5, 5.41) is 0.930. The van der Waals surface area contributed by atoms with Crippen LogP contribution in [-0.2, 0) is 0 Å². The van der Waals surface area contributed by atoms with E-state index in [1.165, 1.54) is 19.3 Å². The SMILES string of the molecule is CCC1CCN(CC(=O)c2ccc(Cl)c(Cl)c2)CC1. The first-order valence-electron chi connectivity index (χ1n) is 6.80. The number of halogens is 2. The van der Waals surface area contributed by atoms with Crippen molar-refractivity contribution in [1.82, 2.24) is 4.90 Å². The van der Waals surface area contributed by atoms with Crippen molar-refractivity contribution in [3.8, 4) is 0 Å². The lowest BCUT2D eigenvalue weighted by Gasteiger charge is -2.30. The highest BCUT2D eigenvalue weighted by Crippen LogP contribution is 2.24. The fourth-order valence-electron chi connectivity index (χ4n) is 2.52. The molecule has 0 unspecified atom stereocenters. The maximum Gasteiger partial charge on any atom is 0.176 e. The zero-order valence-electron chi connectivity index (χ0n) is 11.2. The lowest BCUT2D eigenvalue weighted by atomic mass is 9.94. The first-order valence-corrected chi connectivity index (χ1v) is 7.56. The molecule has 2 rings (SSSR count). The van der Waals surface area contributed by atoms with E-state index in [9.17, 15) is 4.79 Å². The molecule has 1 saturated heterocycles. The van der Waals surface area contributed by atoms with Gasteiger partial charge in [-0.1, -0.05) is 36.5 Å². The number of carbonyl (C=O) groups excluding carboxylic acids is 1. The van der Waals surface area contributed by atoms with Gasteiger partial charge in [0.05, 0.1) is 16.6 Å². The molecule has 104 valence electrons. The number of hydrogen-bond acceptors (Lipinski definition) is 2. The van der Waals surface area contributed by atoms with E-state index in [2.05, 4.69) is 11.8 Å². The molecule has 2 nitrogen and oxygen atoms in total. The summed E-state index contributed by atoms with van der Waals surface area (Å²) >= 11 is 11.8. The highest BCUT2D eigenvalue weighted by atomic mass is 35.5. The smallest absolute Gasteiger partial charge is 0.176 e. The van der Waals surface area contributed by atoms with Crippen molar-refractivity contribution in [1.29, 1.82) is 0 Å². The molecule has 0 N–H and O–H groups in total. The van der Waals surface area contributed by atoms with Gasteiger partial charge in [-0.3, -0.25) is 9.69 Å². The van der Waals surface area contributed by atoms with Crippen molar-refractivity contribution < 1.29 is 4.79 Å². The molecule has 1 aromatic carbocycles. The Morgan fingerprint density at radius 2 is 1.95 bits per heavy atom. The van der Waals surface area contributed by atoms with Crippen molar-refractivity contribution in [2.24, 2.45) is 5.92 Å². The molecule has 0 aliphatic carbocycles. The molecule has 1 aliphatic heterocycles. The first-order chi connectivity index (χ1) is 9.10. The van der Waals surface area contributed by atoms with E-state index in [1.54, 1.807) is 18.2 Å². The van der Waals surface area contributed by atoms with Gasteiger partial charge in [0.15, 0.2) is 5.78 Å². The summed E-state index contributed by atoms with van der Waals surface area (Å²) in [5.41, 5.74) is 0.645. The molecule has 0 bridgehead atoms. The van der Waals surface area contributed by atoms with Gasteiger partial charge >= 0.3 is 0 Å². The highest BCUT2D eigenvalue weighted by Gasteiger charge is 2.20. The number of benzene rings is 1. The third kappa shape index (κ3) is 3.95. The van der Waals surface area contributed by atoms with Crippen molar-refractivity contribution in [2.75, 3.05) is 19.6 Å². The van der Waals surface area contributed by atoms with Gasteiger partial charge in [0.25, 0.3) is 0 Å². The van der Waals surface area contributed by atoms with E-state index in [-0.39, 0.29) is 5.78 Å².